The molecule has 1 aliphatic carbocycles. The molecule has 1 N–H and O–H groups in total. The number of hydrogen-bond acceptors (Lipinski definition) is 5. The van der Waals surface area contributed by atoms with Crippen molar-refractivity contribution in [2.75, 3.05) is 5.32 Å². The summed E-state index contributed by atoms with van der Waals surface area (Å²) in [5, 5.41) is 7.29. The molecular weight excluding hydrogens is 276 g/mol. The van der Waals surface area contributed by atoms with Crippen LogP contribution in [0.1, 0.15) is 17.0 Å². The van der Waals surface area contributed by atoms with Gasteiger partial charge in [0.1, 0.15) is 5.82 Å². The van der Waals surface area contributed by atoms with E-state index in [9.17, 15) is 0 Å². The standard InChI is InChI=1S/C17H16N4O/c1-11-19-17(22-21-11)14-6-7-16(18-10-14)20-15-8-12-4-2-3-5-13(12)9-15/h2-7,10,15H,8-9H2,1H3,(H,18,20). The Morgan fingerprint density at radius 3 is 2.45 bits per heavy atom. The van der Waals surface area contributed by atoms with Gasteiger partial charge in [-0.2, -0.15) is 4.98 Å². The topological polar surface area (TPSA) is 63.8 Å². The van der Waals surface area contributed by atoms with E-state index in [0.29, 0.717) is 17.8 Å². The smallest absolute Gasteiger partial charge is 0.259 e. The Hall–Kier alpha value is -2.69. The number of anilines is 1. The fourth-order valence-electron chi connectivity index (χ4n) is 2.89. The van der Waals surface area contributed by atoms with Gasteiger partial charge in [-0.05, 0) is 43.0 Å². The molecule has 2 heterocycles. The lowest BCUT2D eigenvalue weighted by atomic mass is 10.1. The molecule has 5 nitrogen and oxygen atoms in total. The van der Waals surface area contributed by atoms with Gasteiger partial charge in [-0.25, -0.2) is 4.98 Å². The molecule has 110 valence electrons. The molecule has 1 aliphatic rings. The third kappa shape index (κ3) is 2.45. The minimum atomic E-state index is 0.404. The summed E-state index contributed by atoms with van der Waals surface area (Å²) in [6.07, 6.45) is 3.85. The molecule has 1 aromatic carbocycles. The molecule has 0 saturated carbocycles. The number of benzene rings is 1. The number of aromatic nitrogens is 3. The Kier molecular flexibility index (Phi) is 3.11. The number of aryl methyl sites for hydroxylation is 1. The van der Waals surface area contributed by atoms with Crippen LogP contribution in [0.15, 0.2) is 47.1 Å². The van der Waals surface area contributed by atoms with Gasteiger partial charge in [0, 0.05) is 12.2 Å². The van der Waals surface area contributed by atoms with Crippen LogP contribution in [0.2, 0.25) is 0 Å². The van der Waals surface area contributed by atoms with Crippen molar-refractivity contribution in [3.8, 4) is 11.5 Å². The number of hydrogen-bond donors (Lipinski definition) is 1. The quantitative estimate of drug-likeness (QED) is 0.804. The van der Waals surface area contributed by atoms with Crippen molar-refractivity contribution in [1.82, 2.24) is 15.1 Å². The second kappa shape index (κ2) is 5.26. The lowest BCUT2D eigenvalue weighted by Gasteiger charge is -2.12. The Morgan fingerprint density at radius 1 is 1.09 bits per heavy atom. The van der Waals surface area contributed by atoms with Crippen LogP contribution in [-0.2, 0) is 12.8 Å². The molecule has 0 fully saturated rings. The second-order valence-electron chi connectivity index (χ2n) is 5.60. The van der Waals surface area contributed by atoms with Crippen LogP contribution in [0.5, 0.6) is 0 Å². The first-order valence-electron chi connectivity index (χ1n) is 7.38. The van der Waals surface area contributed by atoms with Crippen molar-refractivity contribution in [1.29, 1.82) is 0 Å². The van der Waals surface area contributed by atoms with Crippen molar-refractivity contribution in [3.63, 3.8) is 0 Å². The van der Waals surface area contributed by atoms with Crippen molar-refractivity contribution in [3.05, 3.63) is 59.5 Å². The molecule has 0 amide bonds. The SMILES string of the molecule is Cc1noc(-c2ccc(NC3Cc4ccccc4C3)nc2)n1. The van der Waals surface area contributed by atoms with E-state index in [1.165, 1.54) is 11.1 Å². The highest BCUT2D eigenvalue weighted by Crippen LogP contribution is 2.24. The van der Waals surface area contributed by atoms with E-state index in [0.717, 1.165) is 24.2 Å². The molecule has 0 aliphatic heterocycles. The highest BCUT2D eigenvalue weighted by Gasteiger charge is 2.20. The molecule has 2 aromatic heterocycles. The molecule has 0 saturated heterocycles. The van der Waals surface area contributed by atoms with Crippen molar-refractivity contribution in [2.24, 2.45) is 0 Å². The van der Waals surface area contributed by atoms with Gasteiger partial charge in [-0.15, -0.1) is 0 Å². The Morgan fingerprint density at radius 2 is 1.86 bits per heavy atom. The fourth-order valence-corrected chi connectivity index (χ4v) is 2.89. The summed E-state index contributed by atoms with van der Waals surface area (Å²) in [7, 11) is 0. The van der Waals surface area contributed by atoms with E-state index < -0.39 is 0 Å². The highest BCUT2D eigenvalue weighted by molar-refractivity contribution is 5.54. The van der Waals surface area contributed by atoms with E-state index in [2.05, 4.69) is 44.7 Å². The van der Waals surface area contributed by atoms with Crippen LogP contribution in [0.25, 0.3) is 11.5 Å². The number of nitrogens with zero attached hydrogens (tertiary/aromatic N) is 3. The molecule has 0 unspecified atom stereocenters. The van der Waals surface area contributed by atoms with E-state index in [4.69, 9.17) is 4.52 Å². The zero-order valence-electron chi connectivity index (χ0n) is 12.3. The molecule has 5 heteroatoms. The van der Waals surface area contributed by atoms with Gasteiger partial charge in [0.25, 0.3) is 5.89 Å². The van der Waals surface area contributed by atoms with Gasteiger partial charge in [0.05, 0.1) is 5.56 Å². The van der Waals surface area contributed by atoms with E-state index in [1.807, 2.05) is 12.1 Å². The third-order valence-electron chi connectivity index (χ3n) is 3.94. The van der Waals surface area contributed by atoms with Crippen LogP contribution >= 0.6 is 0 Å². The van der Waals surface area contributed by atoms with E-state index in [-0.39, 0.29) is 0 Å². The fraction of sp³-hybridized carbons (Fsp3) is 0.235. The van der Waals surface area contributed by atoms with Crippen molar-refractivity contribution < 1.29 is 4.52 Å². The van der Waals surface area contributed by atoms with E-state index >= 15 is 0 Å². The van der Waals surface area contributed by atoms with Gasteiger partial charge < -0.3 is 9.84 Å². The zero-order chi connectivity index (χ0) is 14.9. The van der Waals surface area contributed by atoms with E-state index in [1.54, 1.807) is 13.1 Å². The minimum Gasteiger partial charge on any atom is -0.367 e. The maximum atomic E-state index is 5.14. The summed E-state index contributed by atoms with van der Waals surface area (Å²) in [6.45, 7) is 1.80. The third-order valence-corrected chi connectivity index (χ3v) is 3.94. The molecule has 22 heavy (non-hydrogen) atoms. The highest BCUT2D eigenvalue weighted by atomic mass is 16.5. The Balaban J connectivity index is 1.46. The maximum absolute atomic E-state index is 5.14. The summed E-state index contributed by atoms with van der Waals surface area (Å²) in [5.41, 5.74) is 3.69. The van der Waals surface area contributed by atoms with Crippen LogP contribution in [0.3, 0.4) is 0 Å². The zero-order valence-corrected chi connectivity index (χ0v) is 12.3. The number of rotatable bonds is 3. The molecule has 0 atom stereocenters. The van der Waals surface area contributed by atoms with Gasteiger partial charge in [0.15, 0.2) is 5.82 Å². The molecule has 3 aromatic rings. The molecular formula is C17H16N4O. The Labute approximate surface area is 128 Å². The number of fused-ring (bicyclic) bond motifs is 1. The first kappa shape index (κ1) is 13.0. The predicted molar refractivity (Wildman–Crippen MR) is 83.5 cm³/mol. The van der Waals surface area contributed by atoms with Gasteiger partial charge in [-0.1, -0.05) is 29.4 Å². The normalized spacial score (nSPS) is 14.0. The van der Waals surface area contributed by atoms with Gasteiger partial charge >= 0.3 is 0 Å². The summed E-state index contributed by atoms with van der Waals surface area (Å²) < 4.78 is 5.14. The summed E-state index contributed by atoms with van der Waals surface area (Å²) in [5.74, 6) is 2.00. The van der Waals surface area contributed by atoms with Crippen molar-refractivity contribution in [2.45, 2.75) is 25.8 Å². The largest absolute Gasteiger partial charge is 0.367 e. The maximum Gasteiger partial charge on any atom is 0.259 e. The van der Waals surface area contributed by atoms with Crippen LogP contribution in [0, 0.1) is 6.92 Å². The monoisotopic (exact) mass is 292 g/mol. The molecule has 4 rings (SSSR count). The molecule has 0 bridgehead atoms. The van der Waals surface area contributed by atoms with Crippen LogP contribution < -0.4 is 5.32 Å². The minimum absolute atomic E-state index is 0.404. The Bertz CT molecular complexity index is 769. The average Bonchev–Trinajstić information content (AvgIpc) is 3.13. The molecule has 0 spiro atoms. The van der Waals surface area contributed by atoms with Crippen LogP contribution in [-0.4, -0.2) is 21.2 Å². The predicted octanol–water partition coefficient (Wildman–Crippen LogP) is 3.02. The lowest BCUT2D eigenvalue weighted by Crippen LogP contribution is -2.20. The summed E-state index contributed by atoms with van der Waals surface area (Å²) in [6, 6.07) is 12.9. The van der Waals surface area contributed by atoms with Gasteiger partial charge in [0.2, 0.25) is 0 Å². The average molecular weight is 292 g/mol. The first-order valence-corrected chi connectivity index (χ1v) is 7.38. The summed E-state index contributed by atoms with van der Waals surface area (Å²) in [4.78, 5) is 8.65. The second-order valence-corrected chi connectivity index (χ2v) is 5.60. The van der Waals surface area contributed by atoms with Gasteiger partial charge in [-0.3, -0.25) is 0 Å². The number of nitrogens with one attached hydrogen (secondary N) is 1. The van der Waals surface area contributed by atoms with Crippen molar-refractivity contribution >= 4 is 5.82 Å². The summed E-state index contributed by atoms with van der Waals surface area (Å²) >= 11 is 0. The number of pyridine rings is 1. The van der Waals surface area contributed by atoms with Crippen LogP contribution in [0.4, 0.5) is 5.82 Å². The first-order chi connectivity index (χ1) is 10.8. The lowest BCUT2D eigenvalue weighted by molar-refractivity contribution is 0.425. The molecule has 0 radical (unpaired) electrons.